The highest BCUT2D eigenvalue weighted by Gasteiger charge is 2.35. The van der Waals surface area contributed by atoms with Gasteiger partial charge < -0.3 is 10.5 Å². The SMILES string of the molecule is CC(C)(C)OC(=O)/C(C(=O)c1ccncc1)=C(\N)C(Cl)(Cl)Cl. The summed E-state index contributed by atoms with van der Waals surface area (Å²) in [6.07, 6.45) is 2.79. The summed E-state index contributed by atoms with van der Waals surface area (Å²) in [7, 11) is 0. The molecule has 0 fully saturated rings. The number of allylic oxidation sites excluding steroid dienone is 1. The summed E-state index contributed by atoms with van der Waals surface area (Å²) in [5.41, 5.74) is 4.03. The van der Waals surface area contributed by atoms with E-state index in [0.717, 1.165) is 0 Å². The van der Waals surface area contributed by atoms with Crippen LogP contribution >= 0.6 is 34.8 Å². The third-order valence-corrected chi connectivity index (χ3v) is 2.96. The maximum Gasteiger partial charge on any atom is 0.344 e. The van der Waals surface area contributed by atoms with Gasteiger partial charge in [0.1, 0.15) is 11.2 Å². The Hall–Kier alpha value is -1.30. The van der Waals surface area contributed by atoms with Gasteiger partial charge in [-0.25, -0.2) is 4.79 Å². The van der Waals surface area contributed by atoms with Crippen molar-refractivity contribution in [3.05, 3.63) is 41.4 Å². The largest absolute Gasteiger partial charge is 0.456 e. The average Bonchev–Trinajstić information content (AvgIpc) is 2.36. The zero-order valence-corrected chi connectivity index (χ0v) is 14.5. The second kappa shape index (κ2) is 6.86. The summed E-state index contributed by atoms with van der Waals surface area (Å²) in [5.74, 6) is -1.67. The lowest BCUT2D eigenvalue weighted by atomic mass is 10.0. The van der Waals surface area contributed by atoms with Gasteiger partial charge >= 0.3 is 5.97 Å². The molecule has 0 bridgehead atoms. The van der Waals surface area contributed by atoms with Crippen molar-refractivity contribution in [2.24, 2.45) is 5.73 Å². The van der Waals surface area contributed by atoms with Gasteiger partial charge in [-0.1, -0.05) is 34.8 Å². The lowest BCUT2D eigenvalue weighted by Gasteiger charge is -2.22. The molecule has 0 aliphatic heterocycles. The minimum Gasteiger partial charge on any atom is -0.456 e. The number of ketones is 1. The zero-order chi connectivity index (χ0) is 17.1. The van der Waals surface area contributed by atoms with Crippen molar-refractivity contribution in [1.29, 1.82) is 0 Å². The molecule has 1 aromatic rings. The summed E-state index contributed by atoms with van der Waals surface area (Å²) in [6.45, 7) is 4.93. The molecule has 0 aliphatic rings. The number of halogens is 3. The first-order valence-electron chi connectivity index (χ1n) is 6.18. The molecule has 0 radical (unpaired) electrons. The van der Waals surface area contributed by atoms with E-state index >= 15 is 0 Å². The fraction of sp³-hybridized carbons (Fsp3) is 0.357. The van der Waals surface area contributed by atoms with E-state index in [1.54, 1.807) is 20.8 Å². The Morgan fingerprint density at radius 1 is 1.14 bits per heavy atom. The van der Waals surface area contributed by atoms with Gasteiger partial charge in [0.25, 0.3) is 0 Å². The first-order valence-corrected chi connectivity index (χ1v) is 7.32. The first kappa shape index (κ1) is 18.7. The average molecular weight is 366 g/mol. The van der Waals surface area contributed by atoms with Crippen molar-refractivity contribution in [2.45, 2.75) is 30.2 Å². The Balaban J connectivity index is 3.37. The number of aromatic nitrogens is 1. The monoisotopic (exact) mass is 364 g/mol. The van der Waals surface area contributed by atoms with Crippen LogP contribution in [0.3, 0.4) is 0 Å². The number of ether oxygens (including phenoxy) is 1. The van der Waals surface area contributed by atoms with Crippen LogP contribution in [0.5, 0.6) is 0 Å². The van der Waals surface area contributed by atoms with Crippen LogP contribution in [0.15, 0.2) is 35.8 Å². The molecular formula is C14H15Cl3N2O3. The van der Waals surface area contributed by atoms with Crippen LogP contribution in [-0.2, 0) is 9.53 Å². The van der Waals surface area contributed by atoms with Gasteiger partial charge in [-0.2, -0.15) is 0 Å². The highest BCUT2D eigenvalue weighted by Crippen LogP contribution is 2.34. The normalized spacial score (nSPS) is 13.4. The second-order valence-corrected chi connectivity index (χ2v) is 7.63. The van der Waals surface area contributed by atoms with E-state index in [9.17, 15) is 9.59 Å². The van der Waals surface area contributed by atoms with E-state index in [-0.39, 0.29) is 5.56 Å². The third kappa shape index (κ3) is 5.16. The maximum absolute atomic E-state index is 12.5. The van der Waals surface area contributed by atoms with E-state index < -0.39 is 32.4 Å². The lowest BCUT2D eigenvalue weighted by Crippen LogP contribution is -2.32. The molecule has 5 nitrogen and oxygen atoms in total. The zero-order valence-electron chi connectivity index (χ0n) is 12.2. The fourth-order valence-electron chi connectivity index (χ4n) is 1.44. The van der Waals surface area contributed by atoms with Gasteiger partial charge in [0.05, 0.1) is 5.70 Å². The van der Waals surface area contributed by atoms with E-state index in [2.05, 4.69) is 4.98 Å². The molecule has 0 spiro atoms. The Labute approximate surface area is 143 Å². The smallest absolute Gasteiger partial charge is 0.344 e. The number of Topliss-reactive ketones (excluding diaryl/α,β-unsaturated/α-hetero) is 1. The minimum atomic E-state index is -2.12. The molecule has 0 saturated heterocycles. The van der Waals surface area contributed by atoms with Crippen molar-refractivity contribution in [2.75, 3.05) is 0 Å². The van der Waals surface area contributed by atoms with Crippen molar-refractivity contribution in [3.63, 3.8) is 0 Å². The van der Waals surface area contributed by atoms with Crippen molar-refractivity contribution in [3.8, 4) is 0 Å². The number of esters is 1. The highest BCUT2D eigenvalue weighted by atomic mass is 35.6. The lowest BCUT2D eigenvalue weighted by molar-refractivity contribution is -0.149. The summed E-state index contributed by atoms with van der Waals surface area (Å²) in [6, 6.07) is 2.83. The van der Waals surface area contributed by atoms with Gasteiger partial charge in [-0.15, -0.1) is 0 Å². The van der Waals surface area contributed by atoms with E-state index in [0.29, 0.717) is 0 Å². The molecule has 0 atom stereocenters. The molecule has 8 heteroatoms. The van der Waals surface area contributed by atoms with Crippen LogP contribution in [0.4, 0.5) is 0 Å². The summed E-state index contributed by atoms with van der Waals surface area (Å²) in [5, 5.41) is 0. The van der Waals surface area contributed by atoms with Crippen molar-refractivity contribution in [1.82, 2.24) is 4.98 Å². The van der Waals surface area contributed by atoms with Crippen molar-refractivity contribution >= 4 is 46.6 Å². The number of nitrogens with two attached hydrogens (primary N) is 1. The van der Waals surface area contributed by atoms with Crippen LogP contribution in [0.2, 0.25) is 0 Å². The predicted octanol–water partition coefficient (Wildman–Crippen LogP) is 3.19. The molecule has 0 aliphatic carbocycles. The summed E-state index contributed by atoms with van der Waals surface area (Å²) < 4.78 is 3.05. The molecule has 120 valence electrons. The molecule has 0 saturated carbocycles. The summed E-state index contributed by atoms with van der Waals surface area (Å²) >= 11 is 17.1. The van der Waals surface area contributed by atoms with Gasteiger partial charge in [-0.3, -0.25) is 9.78 Å². The minimum absolute atomic E-state index is 0.174. The number of rotatable bonds is 3. The molecule has 0 aromatic carbocycles. The number of pyridine rings is 1. The first-order chi connectivity index (χ1) is 9.93. The topological polar surface area (TPSA) is 82.3 Å². The Morgan fingerprint density at radius 3 is 2.05 bits per heavy atom. The standard InChI is InChI=1S/C14H15Cl3N2O3/c1-13(2,3)22-12(21)9(11(18)14(15,16)17)10(20)8-4-6-19-7-5-8/h4-7H,18H2,1-3H3/b11-9-. The quantitative estimate of drug-likeness (QED) is 0.222. The molecule has 22 heavy (non-hydrogen) atoms. The second-order valence-electron chi connectivity index (χ2n) is 5.35. The van der Waals surface area contributed by atoms with E-state index in [4.69, 9.17) is 45.3 Å². The van der Waals surface area contributed by atoms with Crippen LogP contribution in [0.1, 0.15) is 31.1 Å². The molecule has 0 amide bonds. The van der Waals surface area contributed by atoms with Crippen molar-refractivity contribution < 1.29 is 14.3 Å². The van der Waals surface area contributed by atoms with Crippen LogP contribution in [-0.4, -0.2) is 26.1 Å². The van der Waals surface area contributed by atoms with Gasteiger partial charge in [0.15, 0.2) is 0 Å². The number of hydrogen-bond donors (Lipinski definition) is 1. The highest BCUT2D eigenvalue weighted by molar-refractivity contribution is 6.69. The predicted molar refractivity (Wildman–Crippen MR) is 85.9 cm³/mol. The van der Waals surface area contributed by atoms with Gasteiger partial charge in [0.2, 0.25) is 9.58 Å². The van der Waals surface area contributed by atoms with Crippen LogP contribution in [0, 0.1) is 0 Å². The summed E-state index contributed by atoms with van der Waals surface area (Å²) in [4.78, 5) is 28.6. The molecule has 1 heterocycles. The number of carbonyl (C=O) groups is 2. The number of hydrogen-bond acceptors (Lipinski definition) is 5. The fourth-order valence-corrected chi connectivity index (χ4v) is 1.73. The van der Waals surface area contributed by atoms with E-state index in [1.807, 2.05) is 0 Å². The van der Waals surface area contributed by atoms with E-state index in [1.165, 1.54) is 24.5 Å². The molecular weight excluding hydrogens is 351 g/mol. The van der Waals surface area contributed by atoms with Crippen LogP contribution < -0.4 is 5.73 Å². The Bertz CT molecular complexity index is 602. The van der Waals surface area contributed by atoms with Crippen LogP contribution in [0.25, 0.3) is 0 Å². The number of alkyl halides is 3. The number of carbonyl (C=O) groups excluding carboxylic acids is 2. The molecule has 1 rings (SSSR count). The third-order valence-electron chi connectivity index (χ3n) is 2.35. The van der Waals surface area contributed by atoms with Gasteiger partial charge in [-0.05, 0) is 32.9 Å². The molecule has 2 N–H and O–H groups in total. The number of nitrogens with zero attached hydrogens (tertiary/aromatic N) is 1. The Morgan fingerprint density at radius 2 is 1.64 bits per heavy atom. The molecule has 0 unspecified atom stereocenters. The maximum atomic E-state index is 12.5. The molecule has 1 aromatic heterocycles. The van der Waals surface area contributed by atoms with Gasteiger partial charge in [0, 0.05) is 18.0 Å². The Kier molecular flexibility index (Phi) is 5.84.